The topological polar surface area (TPSA) is 69.7 Å². The maximum absolute atomic E-state index is 12.6. The van der Waals surface area contributed by atoms with Crippen LogP contribution in [-0.2, 0) is 19.6 Å². The predicted molar refractivity (Wildman–Crippen MR) is 84.0 cm³/mol. The van der Waals surface area contributed by atoms with Crippen LogP contribution in [0, 0.1) is 0 Å². The van der Waals surface area contributed by atoms with Crippen molar-refractivity contribution in [1.82, 2.24) is 29.2 Å². The van der Waals surface area contributed by atoms with Crippen LogP contribution in [0.15, 0.2) is 17.2 Å². The maximum Gasteiger partial charge on any atom is 0.346 e. The molecule has 7 nitrogen and oxygen atoms in total. The minimum Gasteiger partial charge on any atom is -0.334 e. The van der Waals surface area contributed by atoms with Crippen LogP contribution in [0.25, 0.3) is 0 Å². The predicted octanol–water partition coefficient (Wildman–Crippen LogP) is 0.796. The van der Waals surface area contributed by atoms with E-state index in [1.165, 1.54) is 0 Å². The number of rotatable bonds is 5. The summed E-state index contributed by atoms with van der Waals surface area (Å²) in [7, 11) is 0. The Morgan fingerprint density at radius 2 is 2.23 bits per heavy atom. The highest BCUT2D eigenvalue weighted by Crippen LogP contribution is 2.20. The van der Waals surface area contributed by atoms with Gasteiger partial charge in [0, 0.05) is 37.9 Å². The van der Waals surface area contributed by atoms with Crippen molar-refractivity contribution in [3.8, 4) is 0 Å². The first-order chi connectivity index (χ1) is 10.7. The second-order valence-electron chi connectivity index (χ2n) is 5.72. The summed E-state index contributed by atoms with van der Waals surface area (Å²) in [6.45, 7) is 7.96. The van der Waals surface area contributed by atoms with Crippen molar-refractivity contribution in [2.24, 2.45) is 0 Å². The smallest absolute Gasteiger partial charge is 0.334 e. The second-order valence-corrected chi connectivity index (χ2v) is 5.72. The highest BCUT2D eigenvalue weighted by molar-refractivity contribution is 5.02. The quantitative estimate of drug-likeness (QED) is 0.887. The Labute approximate surface area is 130 Å². The lowest BCUT2D eigenvalue weighted by atomic mass is 9.99. The lowest BCUT2D eigenvalue weighted by Gasteiger charge is -2.21. The van der Waals surface area contributed by atoms with Gasteiger partial charge in [-0.2, -0.15) is 5.10 Å². The fourth-order valence-electron chi connectivity index (χ4n) is 3.15. The summed E-state index contributed by atoms with van der Waals surface area (Å²) >= 11 is 0. The van der Waals surface area contributed by atoms with E-state index in [0.717, 1.165) is 44.1 Å². The van der Waals surface area contributed by atoms with Gasteiger partial charge < -0.3 is 9.88 Å². The summed E-state index contributed by atoms with van der Waals surface area (Å²) in [4.78, 5) is 16.9. The van der Waals surface area contributed by atoms with Gasteiger partial charge in [-0.25, -0.2) is 14.5 Å². The Balaban J connectivity index is 1.92. The zero-order chi connectivity index (χ0) is 15.5. The SMILES string of the molecule is CCn1ccnc1Cn1nc([C@@H]2CCCNC2)n(CC)c1=O. The van der Waals surface area contributed by atoms with Gasteiger partial charge in [-0.05, 0) is 33.2 Å². The van der Waals surface area contributed by atoms with Crippen LogP contribution in [0.5, 0.6) is 0 Å². The van der Waals surface area contributed by atoms with E-state index in [9.17, 15) is 4.79 Å². The van der Waals surface area contributed by atoms with Crippen molar-refractivity contribution in [3.63, 3.8) is 0 Å². The molecule has 1 atom stereocenters. The molecule has 0 amide bonds. The van der Waals surface area contributed by atoms with Gasteiger partial charge in [0.15, 0.2) is 0 Å². The summed E-state index contributed by atoms with van der Waals surface area (Å²) < 4.78 is 5.40. The Bertz CT molecular complexity index is 677. The van der Waals surface area contributed by atoms with Crippen LogP contribution >= 0.6 is 0 Å². The van der Waals surface area contributed by atoms with Gasteiger partial charge in [-0.15, -0.1) is 0 Å². The summed E-state index contributed by atoms with van der Waals surface area (Å²) in [6, 6.07) is 0. The van der Waals surface area contributed by atoms with Crippen LogP contribution in [0.1, 0.15) is 44.3 Å². The van der Waals surface area contributed by atoms with Gasteiger partial charge in [-0.3, -0.25) is 4.57 Å². The third kappa shape index (κ3) is 2.72. The molecule has 0 aromatic carbocycles. The average Bonchev–Trinajstić information content (AvgIpc) is 3.13. The van der Waals surface area contributed by atoms with Gasteiger partial charge in [0.1, 0.15) is 18.2 Å². The Morgan fingerprint density at radius 1 is 1.36 bits per heavy atom. The third-order valence-corrected chi connectivity index (χ3v) is 4.36. The minimum absolute atomic E-state index is 0.0336. The normalized spacial score (nSPS) is 18.7. The highest BCUT2D eigenvalue weighted by atomic mass is 16.2. The lowest BCUT2D eigenvalue weighted by molar-refractivity contribution is 0.431. The van der Waals surface area contributed by atoms with Crippen LogP contribution in [0.4, 0.5) is 0 Å². The molecule has 120 valence electrons. The van der Waals surface area contributed by atoms with E-state index in [4.69, 9.17) is 0 Å². The molecule has 1 N–H and O–H groups in total. The number of piperidine rings is 1. The number of imidazole rings is 1. The molecular weight excluding hydrogens is 280 g/mol. The van der Waals surface area contributed by atoms with E-state index in [1.807, 2.05) is 17.7 Å². The molecule has 1 fully saturated rings. The van der Waals surface area contributed by atoms with Gasteiger partial charge in [0.2, 0.25) is 0 Å². The van der Waals surface area contributed by atoms with Crippen molar-refractivity contribution in [1.29, 1.82) is 0 Å². The largest absolute Gasteiger partial charge is 0.346 e. The van der Waals surface area contributed by atoms with Crippen molar-refractivity contribution in [3.05, 3.63) is 34.5 Å². The Kier molecular flexibility index (Phi) is 4.42. The van der Waals surface area contributed by atoms with Gasteiger partial charge in [0.05, 0.1) is 0 Å². The molecule has 3 heterocycles. The first-order valence-corrected chi connectivity index (χ1v) is 8.12. The summed E-state index contributed by atoms with van der Waals surface area (Å²) in [5.41, 5.74) is -0.0336. The number of hydrogen-bond donors (Lipinski definition) is 1. The first kappa shape index (κ1) is 15.0. The van der Waals surface area contributed by atoms with Gasteiger partial charge in [-0.1, -0.05) is 0 Å². The van der Waals surface area contributed by atoms with Crippen LogP contribution in [-0.4, -0.2) is 37.0 Å². The Hall–Kier alpha value is -1.89. The van der Waals surface area contributed by atoms with Crippen LogP contribution in [0.3, 0.4) is 0 Å². The second kappa shape index (κ2) is 6.48. The molecule has 0 spiro atoms. The van der Waals surface area contributed by atoms with E-state index in [1.54, 1.807) is 15.4 Å². The monoisotopic (exact) mass is 304 g/mol. The summed E-state index contributed by atoms with van der Waals surface area (Å²) in [5, 5.41) is 8.02. The van der Waals surface area contributed by atoms with Crippen LogP contribution < -0.4 is 11.0 Å². The fraction of sp³-hybridized carbons (Fsp3) is 0.667. The molecule has 0 bridgehead atoms. The van der Waals surface area contributed by atoms with E-state index in [2.05, 4.69) is 22.3 Å². The van der Waals surface area contributed by atoms with E-state index >= 15 is 0 Å². The summed E-state index contributed by atoms with van der Waals surface area (Å²) in [5.74, 6) is 2.11. The molecule has 1 saturated heterocycles. The van der Waals surface area contributed by atoms with E-state index in [0.29, 0.717) is 19.0 Å². The maximum atomic E-state index is 12.6. The minimum atomic E-state index is -0.0336. The van der Waals surface area contributed by atoms with E-state index in [-0.39, 0.29) is 5.69 Å². The molecule has 7 heteroatoms. The van der Waals surface area contributed by atoms with Gasteiger partial charge >= 0.3 is 5.69 Å². The number of hydrogen-bond acceptors (Lipinski definition) is 4. The highest BCUT2D eigenvalue weighted by Gasteiger charge is 2.23. The van der Waals surface area contributed by atoms with Crippen molar-refractivity contribution in [2.45, 2.75) is 52.2 Å². The van der Waals surface area contributed by atoms with Crippen molar-refractivity contribution < 1.29 is 0 Å². The fourth-order valence-corrected chi connectivity index (χ4v) is 3.15. The molecule has 0 unspecified atom stereocenters. The zero-order valence-corrected chi connectivity index (χ0v) is 13.3. The molecule has 1 aliphatic heterocycles. The lowest BCUT2D eigenvalue weighted by Crippen LogP contribution is -2.31. The molecule has 2 aromatic rings. The van der Waals surface area contributed by atoms with Crippen LogP contribution in [0.2, 0.25) is 0 Å². The van der Waals surface area contributed by atoms with Crippen molar-refractivity contribution >= 4 is 0 Å². The zero-order valence-electron chi connectivity index (χ0n) is 13.3. The molecule has 1 aliphatic rings. The van der Waals surface area contributed by atoms with Gasteiger partial charge in [0.25, 0.3) is 0 Å². The average molecular weight is 304 g/mol. The molecule has 0 radical (unpaired) electrons. The van der Waals surface area contributed by atoms with E-state index < -0.39 is 0 Å². The molecule has 22 heavy (non-hydrogen) atoms. The third-order valence-electron chi connectivity index (χ3n) is 4.36. The number of nitrogens with zero attached hydrogens (tertiary/aromatic N) is 5. The standard InChI is InChI=1S/C15H24N6O/c1-3-19-9-8-17-13(19)11-21-15(22)20(4-2)14(18-21)12-6-5-7-16-10-12/h8-9,12,16H,3-7,10-11H2,1-2H3/t12-/m1/s1. The molecule has 0 saturated carbocycles. The molecule has 2 aromatic heterocycles. The Morgan fingerprint density at radius 3 is 2.91 bits per heavy atom. The number of aryl methyl sites for hydroxylation is 1. The van der Waals surface area contributed by atoms with Crippen molar-refractivity contribution in [2.75, 3.05) is 13.1 Å². The molecular formula is C15H24N6O. The summed E-state index contributed by atoms with van der Waals surface area (Å²) in [6.07, 6.45) is 5.93. The molecule has 0 aliphatic carbocycles. The molecule has 3 rings (SSSR count). The number of nitrogens with one attached hydrogen (secondary N) is 1. The number of aromatic nitrogens is 5. The first-order valence-electron chi connectivity index (χ1n) is 8.12.